The summed E-state index contributed by atoms with van der Waals surface area (Å²) in [4.78, 5) is 18.7. The Hall–Kier alpha value is -1.73. The average molecular weight is 293 g/mol. The number of carboxylic acid groups (broad SMARTS) is 1. The monoisotopic (exact) mass is 293 g/mol. The van der Waals surface area contributed by atoms with Gasteiger partial charge in [-0.1, -0.05) is 11.8 Å². The molecule has 0 saturated carbocycles. The Labute approximate surface area is 119 Å². The van der Waals surface area contributed by atoms with Crippen molar-refractivity contribution < 1.29 is 14.6 Å². The number of carbonyl (C=O) groups is 1. The van der Waals surface area contributed by atoms with Crippen molar-refractivity contribution in [2.45, 2.75) is 16.3 Å². The fourth-order valence-electron chi connectivity index (χ4n) is 2.26. The van der Waals surface area contributed by atoms with E-state index in [0.717, 1.165) is 21.9 Å². The number of nitrogens with zero attached hydrogens (tertiary/aromatic N) is 1. The van der Waals surface area contributed by atoms with Crippen molar-refractivity contribution in [1.82, 2.24) is 15.3 Å². The van der Waals surface area contributed by atoms with Crippen LogP contribution in [0.25, 0.3) is 11.0 Å². The van der Waals surface area contributed by atoms with Crippen molar-refractivity contribution in [2.75, 3.05) is 20.2 Å². The van der Waals surface area contributed by atoms with Gasteiger partial charge in [0.05, 0.1) is 29.3 Å². The molecule has 2 aromatic rings. The molecule has 0 bridgehead atoms. The maximum absolute atomic E-state index is 11.0. The first-order chi connectivity index (χ1) is 9.60. The van der Waals surface area contributed by atoms with Crippen LogP contribution in [0.5, 0.6) is 5.75 Å². The molecule has 0 atom stereocenters. The lowest BCUT2D eigenvalue weighted by Gasteiger charge is -2.40. The van der Waals surface area contributed by atoms with Gasteiger partial charge in [-0.2, -0.15) is 0 Å². The molecule has 6 nitrogen and oxygen atoms in total. The number of H-pyrrole nitrogens is 1. The number of imidazole rings is 1. The minimum absolute atomic E-state index is 0.130. The van der Waals surface area contributed by atoms with Crippen LogP contribution in [0.2, 0.25) is 0 Å². The van der Waals surface area contributed by atoms with Crippen LogP contribution >= 0.6 is 11.8 Å². The van der Waals surface area contributed by atoms with Gasteiger partial charge >= 0.3 is 5.97 Å². The molecule has 0 aliphatic carbocycles. The van der Waals surface area contributed by atoms with Crippen LogP contribution in [0.3, 0.4) is 0 Å². The molecule has 106 valence electrons. The summed E-state index contributed by atoms with van der Waals surface area (Å²) < 4.78 is 4.87. The van der Waals surface area contributed by atoms with E-state index in [4.69, 9.17) is 9.84 Å². The second-order valence-corrected chi connectivity index (χ2v) is 6.34. The van der Waals surface area contributed by atoms with Gasteiger partial charge in [0.1, 0.15) is 5.75 Å². The number of rotatable bonds is 5. The molecule has 0 radical (unpaired) electrons. The van der Waals surface area contributed by atoms with Crippen molar-refractivity contribution in [3.8, 4) is 5.75 Å². The maximum atomic E-state index is 11.0. The van der Waals surface area contributed by atoms with Crippen LogP contribution in [0, 0.1) is 0 Å². The van der Waals surface area contributed by atoms with E-state index in [1.54, 1.807) is 7.11 Å². The first kappa shape index (κ1) is 13.3. The molecule has 2 heterocycles. The van der Waals surface area contributed by atoms with E-state index in [-0.39, 0.29) is 11.2 Å². The van der Waals surface area contributed by atoms with Gasteiger partial charge in [-0.3, -0.25) is 4.79 Å². The van der Waals surface area contributed by atoms with Crippen LogP contribution in [0.15, 0.2) is 23.4 Å². The van der Waals surface area contributed by atoms with Crippen LogP contribution in [-0.4, -0.2) is 46.0 Å². The number of aliphatic carboxylic acids is 1. The molecule has 1 aliphatic heterocycles. The second kappa shape index (κ2) is 4.99. The highest BCUT2D eigenvalue weighted by Crippen LogP contribution is 2.38. The van der Waals surface area contributed by atoms with Crippen molar-refractivity contribution in [1.29, 1.82) is 0 Å². The zero-order valence-corrected chi connectivity index (χ0v) is 11.8. The Kier molecular flexibility index (Phi) is 3.31. The predicted molar refractivity (Wildman–Crippen MR) is 76.4 cm³/mol. The number of ether oxygens (including phenoxy) is 1. The number of hydrogen-bond donors (Lipinski definition) is 3. The zero-order valence-electron chi connectivity index (χ0n) is 11.0. The van der Waals surface area contributed by atoms with Gasteiger partial charge in [-0.25, -0.2) is 4.98 Å². The summed E-state index contributed by atoms with van der Waals surface area (Å²) in [6.07, 6.45) is 0.130. The van der Waals surface area contributed by atoms with Crippen molar-refractivity contribution in [3.63, 3.8) is 0 Å². The highest BCUT2D eigenvalue weighted by molar-refractivity contribution is 8.00. The number of aromatic amines is 1. The Morgan fingerprint density at radius 1 is 1.55 bits per heavy atom. The Morgan fingerprint density at radius 3 is 2.95 bits per heavy atom. The summed E-state index contributed by atoms with van der Waals surface area (Å²) in [6.45, 7) is 1.37. The van der Waals surface area contributed by atoms with E-state index >= 15 is 0 Å². The third kappa shape index (κ3) is 2.46. The standard InChI is InChI=1S/C13H15N3O3S/c1-19-8-2-3-9-10(4-8)16-12(15-9)20-13(5-11(17)18)6-14-7-13/h2-4,14H,5-7H2,1H3,(H,15,16)(H,17,18). The van der Waals surface area contributed by atoms with E-state index < -0.39 is 5.97 Å². The molecule has 0 spiro atoms. The number of methoxy groups -OCH3 is 1. The van der Waals surface area contributed by atoms with Crippen LogP contribution in [0.4, 0.5) is 0 Å². The van der Waals surface area contributed by atoms with Crippen LogP contribution < -0.4 is 10.1 Å². The summed E-state index contributed by atoms with van der Waals surface area (Å²) in [5.41, 5.74) is 1.75. The van der Waals surface area contributed by atoms with Gasteiger partial charge in [0, 0.05) is 19.2 Å². The number of thioether (sulfide) groups is 1. The molecular formula is C13H15N3O3S. The van der Waals surface area contributed by atoms with Gasteiger partial charge in [0.15, 0.2) is 5.16 Å². The fraction of sp³-hybridized carbons (Fsp3) is 0.385. The molecule has 1 fully saturated rings. The smallest absolute Gasteiger partial charge is 0.304 e. The quantitative estimate of drug-likeness (QED) is 0.774. The fourth-order valence-corrected chi connectivity index (χ4v) is 3.52. The second-order valence-electron chi connectivity index (χ2n) is 4.88. The highest BCUT2D eigenvalue weighted by atomic mass is 32.2. The normalized spacial score (nSPS) is 16.9. The molecule has 1 aliphatic rings. The molecular weight excluding hydrogens is 278 g/mol. The zero-order chi connectivity index (χ0) is 14.2. The lowest BCUT2D eigenvalue weighted by Crippen LogP contribution is -2.58. The van der Waals surface area contributed by atoms with E-state index in [9.17, 15) is 4.79 Å². The Morgan fingerprint density at radius 2 is 2.35 bits per heavy atom. The highest BCUT2D eigenvalue weighted by Gasteiger charge is 2.41. The van der Waals surface area contributed by atoms with E-state index in [0.29, 0.717) is 13.1 Å². The predicted octanol–water partition coefficient (Wildman–Crippen LogP) is 1.48. The van der Waals surface area contributed by atoms with Crippen LogP contribution in [0.1, 0.15) is 6.42 Å². The Bertz CT molecular complexity index is 651. The molecule has 0 unspecified atom stereocenters. The van der Waals surface area contributed by atoms with Crippen molar-refractivity contribution in [3.05, 3.63) is 18.2 Å². The number of fused-ring (bicyclic) bond motifs is 1. The molecule has 0 amide bonds. The third-order valence-corrected chi connectivity index (χ3v) is 4.60. The minimum Gasteiger partial charge on any atom is -0.497 e. The minimum atomic E-state index is -0.781. The summed E-state index contributed by atoms with van der Waals surface area (Å²) in [5, 5.41) is 12.9. The molecule has 1 saturated heterocycles. The van der Waals surface area contributed by atoms with Gasteiger partial charge < -0.3 is 20.1 Å². The van der Waals surface area contributed by atoms with Gasteiger partial charge in [-0.05, 0) is 12.1 Å². The maximum Gasteiger partial charge on any atom is 0.304 e. The molecule has 1 aromatic heterocycles. The average Bonchev–Trinajstić information content (AvgIpc) is 2.76. The van der Waals surface area contributed by atoms with Crippen molar-refractivity contribution >= 4 is 28.8 Å². The summed E-state index contributed by atoms with van der Waals surface area (Å²) in [7, 11) is 1.62. The first-order valence-corrected chi connectivity index (χ1v) is 7.07. The Balaban J connectivity index is 1.85. The van der Waals surface area contributed by atoms with Gasteiger partial charge in [-0.15, -0.1) is 0 Å². The molecule has 1 aromatic carbocycles. The summed E-state index contributed by atoms with van der Waals surface area (Å²) >= 11 is 1.49. The van der Waals surface area contributed by atoms with Gasteiger partial charge in [0.2, 0.25) is 0 Å². The van der Waals surface area contributed by atoms with E-state index in [1.807, 2.05) is 18.2 Å². The lowest BCUT2D eigenvalue weighted by molar-refractivity contribution is -0.138. The third-order valence-electron chi connectivity index (χ3n) is 3.35. The molecule has 3 N–H and O–H groups in total. The summed E-state index contributed by atoms with van der Waals surface area (Å²) in [5.74, 6) is -0.0139. The number of nitrogens with one attached hydrogen (secondary N) is 2. The molecule has 3 rings (SSSR count). The SMILES string of the molecule is COc1ccc2nc(SC3(CC(=O)O)CNC3)[nH]c2c1. The lowest BCUT2D eigenvalue weighted by atomic mass is 9.98. The molecule has 7 heteroatoms. The van der Waals surface area contributed by atoms with Crippen LogP contribution in [-0.2, 0) is 4.79 Å². The van der Waals surface area contributed by atoms with E-state index in [2.05, 4.69) is 15.3 Å². The topological polar surface area (TPSA) is 87.2 Å². The largest absolute Gasteiger partial charge is 0.497 e. The molecule has 20 heavy (non-hydrogen) atoms. The number of benzene rings is 1. The number of carboxylic acids is 1. The first-order valence-electron chi connectivity index (χ1n) is 6.25. The summed E-state index contributed by atoms with van der Waals surface area (Å²) in [6, 6.07) is 5.63. The van der Waals surface area contributed by atoms with Crippen molar-refractivity contribution in [2.24, 2.45) is 0 Å². The van der Waals surface area contributed by atoms with E-state index in [1.165, 1.54) is 11.8 Å². The number of hydrogen-bond acceptors (Lipinski definition) is 5. The number of aromatic nitrogens is 2. The van der Waals surface area contributed by atoms with Gasteiger partial charge in [0.25, 0.3) is 0 Å².